The van der Waals surface area contributed by atoms with Gasteiger partial charge in [-0.25, -0.2) is 0 Å². The van der Waals surface area contributed by atoms with Crippen LogP contribution in [0.5, 0.6) is 5.75 Å². The Kier molecular flexibility index (Phi) is 4.93. The van der Waals surface area contributed by atoms with Gasteiger partial charge in [0.2, 0.25) is 0 Å². The Labute approximate surface area is 146 Å². The van der Waals surface area contributed by atoms with E-state index >= 15 is 0 Å². The number of hydrogen-bond acceptors (Lipinski definition) is 4. The molecule has 2 aromatic carbocycles. The predicted molar refractivity (Wildman–Crippen MR) is 98.2 cm³/mol. The average Bonchev–Trinajstić information content (AvgIpc) is 3.05. The molecule has 0 unspecified atom stereocenters. The maximum Gasteiger partial charge on any atom is 0.157 e. The summed E-state index contributed by atoms with van der Waals surface area (Å²) in [5.41, 5.74) is 4.20. The largest absolute Gasteiger partial charge is 0.494 e. The molecule has 0 aliphatic carbocycles. The molecule has 0 aliphatic rings. The highest BCUT2D eigenvalue weighted by Crippen LogP contribution is 2.25. The van der Waals surface area contributed by atoms with E-state index in [9.17, 15) is 4.79 Å². The lowest BCUT2D eigenvalue weighted by Gasteiger charge is -2.10. The minimum absolute atomic E-state index is 0.119. The van der Waals surface area contributed by atoms with Crippen LogP contribution in [0.1, 0.15) is 25.3 Å². The fraction of sp³-hybridized carbons (Fsp3) is 0.250. The Morgan fingerprint density at radius 2 is 1.84 bits per heavy atom. The number of hydrogen-bond donors (Lipinski definition) is 0. The molecule has 1 aromatic heterocycles. The van der Waals surface area contributed by atoms with Gasteiger partial charge >= 0.3 is 0 Å². The predicted octanol–water partition coefficient (Wildman–Crippen LogP) is 3.90. The fourth-order valence-electron chi connectivity index (χ4n) is 2.68. The van der Waals surface area contributed by atoms with Gasteiger partial charge in [-0.05, 0) is 55.2 Å². The van der Waals surface area contributed by atoms with Gasteiger partial charge in [-0.2, -0.15) is 0 Å². The average molecular weight is 335 g/mol. The van der Waals surface area contributed by atoms with E-state index in [2.05, 4.69) is 16.8 Å². The van der Waals surface area contributed by atoms with Crippen molar-refractivity contribution in [2.24, 2.45) is 0 Å². The first-order valence-corrected chi connectivity index (χ1v) is 8.26. The second-order valence-electron chi connectivity index (χ2n) is 6.04. The molecule has 3 aromatic rings. The van der Waals surface area contributed by atoms with Gasteiger partial charge in [0.15, 0.2) is 5.78 Å². The molecule has 3 rings (SSSR count). The lowest BCUT2D eigenvalue weighted by atomic mass is 10.0. The molecule has 5 heteroatoms. The second-order valence-corrected chi connectivity index (χ2v) is 6.04. The summed E-state index contributed by atoms with van der Waals surface area (Å²) in [4.78, 5) is 13.3. The smallest absolute Gasteiger partial charge is 0.157 e. The van der Waals surface area contributed by atoms with E-state index in [-0.39, 0.29) is 5.78 Å². The zero-order valence-corrected chi connectivity index (χ0v) is 14.5. The van der Waals surface area contributed by atoms with Crippen LogP contribution >= 0.6 is 0 Å². The van der Waals surface area contributed by atoms with Gasteiger partial charge in [-0.15, -0.1) is 15.0 Å². The highest BCUT2D eigenvalue weighted by molar-refractivity contribution is 5.94. The molecular weight excluding hydrogens is 314 g/mol. The molecule has 0 N–H and O–H groups in total. The van der Waals surface area contributed by atoms with E-state index in [1.165, 1.54) is 0 Å². The number of methoxy groups -OCH3 is 1. The van der Waals surface area contributed by atoms with Crippen LogP contribution in [-0.2, 0) is 11.2 Å². The first kappa shape index (κ1) is 16.9. The lowest BCUT2D eigenvalue weighted by molar-refractivity contribution is -0.115. The minimum atomic E-state index is 0.119. The Bertz CT molecular complexity index is 895. The van der Waals surface area contributed by atoms with Gasteiger partial charge in [-0.1, -0.05) is 24.8 Å². The van der Waals surface area contributed by atoms with Crippen molar-refractivity contribution in [1.82, 2.24) is 15.0 Å². The lowest BCUT2D eigenvalue weighted by Crippen LogP contribution is -2.03. The number of carbonyl (C=O) groups is 1. The third-order valence-electron chi connectivity index (χ3n) is 4.09. The number of benzene rings is 2. The van der Waals surface area contributed by atoms with Crippen molar-refractivity contribution >= 4 is 16.8 Å². The Morgan fingerprint density at radius 3 is 2.44 bits per heavy atom. The molecule has 0 saturated heterocycles. The molecule has 0 aliphatic heterocycles. The van der Waals surface area contributed by atoms with E-state index in [4.69, 9.17) is 4.74 Å². The number of ether oxygens (including phenoxy) is 1. The van der Waals surface area contributed by atoms with Gasteiger partial charge in [0.1, 0.15) is 22.5 Å². The molecule has 25 heavy (non-hydrogen) atoms. The number of nitrogens with zero attached hydrogens (tertiary/aromatic N) is 3. The van der Waals surface area contributed by atoms with E-state index in [0.717, 1.165) is 35.1 Å². The van der Waals surface area contributed by atoms with Gasteiger partial charge in [0.05, 0.1) is 7.11 Å². The van der Waals surface area contributed by atoms with Crippen molar-refractivity contribution in [1.29, 1.82) is 0 Å². The first-order chi connectivity index (χ1) is 12.1. The van der Waals surface area contributed by atoms with Gasteiger partial charge in [0.25, 0.3) is 0 Å². The molecule has 0 radical (unpaired) electrons. The summed E-state index contributed by atoms with van der Waals surface area (Å²) in [7, 11) is 1.63. The van der Waals surface area contributed by atoms with Crippen molar-refractivity contribution < 1.29 is 9.53 Å². The standard InChI is InChI=1S/C20H21N3O2/c1-14(2)19(24)10-6-7-15-11-12-20(25-3)18(13-15)23-21-16-8-4-5-9-17(16)22-23/h4-5,8-9,11-13H,1,6-7,10H2,2-3H3. The summed E-state index contributed by atoms with van der Waals surface area (Å²) in [5, 5.41) is 9.05. The number of ketones is 1. The van der Waals surface area contributed by atoms with Gasteiger partial charge in [0, 0.05) is 6.42 Å². The number of rotatable bonds is 7. The summed E-state index contributed by atoms with van der Waals surface area (Å²) in [6.45, 7) is 5.44. The SMILES string of the molecule is C=C(C)C(=O)CCCc1ccc(OC)c(-n2nc3ccccc3n2)c1. The summed E-state index contributed by atoms with van der Waals surface area (Å²) in [5.74, 6) is 0.829. The highest BCUT2D eigenvalue weighted by Gasteiger charge is 2.11. The van der Waals surface area contributed by atoms with Crippen LogP contribution in [0.4, 0.5) is 0 Å². The fourth-order valence-corrected chi connectivity index (χ4v) is 2.68. The van der Waals surface area contributed by atoms with Crippen LogP contribution < -0.4 is 4.74 Å². The summed E-state index contributed by atoms with van der Waals surface area (Å²) in [6.07, 6.45) is 2.10. The van der Waals surface area contributed by atoms with Crippen molar-refractivity contribution in [2.45, 2.75) is 26.2 Å². The molecular formula is C20H21N3O2. The highest BCUT2D eigenvalue weighted by atomic mass is 16.5. The molecule has 128 valence electrons. The van der Waals surface area contributed by atoms with Gasteiger partial charge in [-0.3, -0.25) is 4.79 Å². The van der Waals surface area contributed by atoms with E-state index in [1.54, 1.807) is 18.8 Å². The Hall–Kier alpha value is -2.95. The van der Waals surface area contributed by atoms with Crippen LogP contribution in [0.2, 0.25) is 0 Å². The van der Waals surface area contributed by atoms with Crippen molar-refractivity contribution in [3.8, 4) is 11.4 Å². The number of carbonyl (C=O) groups excluding carboxylic acids is 1. The van der Waals surface area contributed by atoms with Crippen LogP contribution in [0.25, 0.3) is 16.7 Å². The summed E-state index contributed by atoms with van der Waals surface area (Å²) < 4.78 is 5.46. The monoisotopic (exact) mass is 335 g/mol. The molecule has 1 heterocycles. The summed E-state index contributed by atoms with van der Waals surface area (Å²) >= 11 is 0. The number of aryl methyl sites for hydroxylation is 1. The maximum absolute atomic E-state index is 11.7. The van der Waals surface area contributed by atoms with Crippen molar-refractivity contribution in [3.05, 3.63) is 60.2 Å². The first-order valence-electron chi connectivity index (χ1n) is 8.26. The second kappa shape index (κ2) is 7.30. The third kappa shape index (κ3) is 3.76. The number of aromatic nitrogens is 3. The molecule has 0 bridgehead atoms. The third-order valence-corrected chi connectivity index (χ3v) is 4.09. The molecule has 0 amide bonds. The van der Waals surface area contributed by atoms with Crippen LogP contribution in [0, 0.1) is 0 Å². The maximum atomic E-state index is 11.7. The number of Topliss-reactive ketones (excluding diaryl/α,β-unsaturated/α-hetero) is 1. The zero-order valence-electron chi connectivity index (χ0n) is 14.5. The van der Waals surface area contributed by atoms with E-state index in [1.807, 2.05) is 42.5 Å². The molecule has 0 atom stereocenters. The minimum Gasteiger partial charge on any atom is -0.494 e. The topological polar surface area (TPSA) is 57.0 Å². The van der Waals surface area contributed by atoms with Crippen molar-refractivity contribution in [2.75, 3.05) is 7.11 Å². The number of fused-ring (bicyclic) bond motifs is 1. The normalized spacial score (nSPS) is 10.8. The molecule has 0 saturated carbocycles. The van der Waals surface area contributed by atoms with Crippen LogP contribution in [0.15, 0.2) is 54.6 Å². The molecule has 5 nitrogen and oxygen atoms in total. The quantitative estimate of drug-likeness (QED) is 0.615. The Balaban J connectivity index is 1.85. The Morgan fingerprint density at radius 1 is 1.16 bits per heavy atom. The van der Waals surface area contributed by atoms with Crippen LogP contribution in [0.3, 0.4) is 0 Å². The molecule has 0 fully saturated rings. The van der Waals surface area contributed by atoms with E-state index in [0.29, 0.717) is 17.7 Å². The van der Waals surface area contributed by atoms with E-state index < -0.39 is 0 Å². The summed E-state index contributed by atoms with van der Waals surface area (Å²) in [6, 6.07) is 13.7. The molecule has 0 spiro atoms. The zero-order chi connectivity index (χ0) is 17.8. The number of allylic oxidation sites excluding steroid dienone is 1. The van der Waals surface area contributed by atoms with Crippen LogP contribution in [-0.4, -0.2) is 27.9 Å². The van der Waals surface area contributed by atoms with Crippen molar-refractivity contribution in [3.63, 3.8) is 0 Å². The van der Waals surface area contributed by atoms with Gasteiger partial charge < -0.3 is 4.74 Å².